The van der Waals surface area contributed by atoms with Crippen molar-refractivity contribution < 1.29 is 4.42 Å². The van der Waals surface area contributed by atoms with Crippen molar-refractivity contribution in [2.75, 3.05) is 0 Å². The van der Waals surface area contributed by atoms with Crippen LogP contribution in [0, 0.1) is 13.8 Å². The molecule has 0 unspecified atom stereocenters. The number of rotatable bonds is 5. The minimum Gasteiger partial charge on any atom is -0.456 e. The van der Waals surface area contributed by atoms with Crippen molar-refractivity contribution in [2.24, 2.45) is 15.0 Å². The maximum Gasteiger partial charge on any atom is 0.162 e. The van der Waals surface area contributed by atoms with Crippen LogP contribution in [0.3, 0.4) is 0 Å². The highest BCUT2D eigenvalue weighted by molar-refractivity contribution is 7.26. The second kappa shape index (κ2) is 18.4. The van der Waals surface area contributed by atoms with Crippen molar-refractivity contribution in [3.63, 3.8) is 0 Å². The molecule has 0 spiro atoms. The molecule has 0 bridgehead atoms. The van der Waals surface area contributed by atoms with Crippen LogP contribution in [0.5, 0.6) is 0 Å². The van der Waals surface area contributed by atoms with E-state index in [4.69, 9.17) is 19.4 Å². The van der Waals surface area contributed by atoms with Crippen molar-refractivity contribution in [1.82, 2.24) is 0 Å². The molecule has 10 aromatic carbocycles. The lowest BCUT2D eigenvalue weighted by molar-refractivity contribution is 0.669. The maximum atomic E-state index is 5.71. The summed E-state index contributed by atoms with van der Waals surface area (Å²) in [5.74, 6) is 1.27. The van der Waals surface area contributed by atoms with Crippen LogP contribution in [-0.2, 0) is 12.8 Å². The Morgan fingerprint density at radius 3 is 1.96 bits per heavy atom. The van der Waals surface area contributed by atoms with Crippen LogP contribution >= 0.6 is 11.3 Å². The summed E-state index contributed by atoms with van der Waals surface area (Å²) in [7, 11) is 0. The van der Waals surface area contributed by atoms with E-state index < -0.39 is 0 Å². The molecule has 0 N–H and O–H groups in total. The monoisotopic (exact) mass is 955 g/mol. The number of aryl methyl sites for hydroxylation is 2. The van der Waals surface area contributed by atoms with Gasteiger partial charge in [0.25, 0.3) is 0 Å². The van der Waals surface area contributed by atoms with Gasteiger partial charge in [-0.2, -0.15) is 0 Å². The third-order valence-corrected chi connectivity index (χ3v) is 15.7. The first-order valence-corrected chi connectivity index (χ1v) is 25.8. The van der Waals surface area contributed by atoms with Gasteiger partial charge in [-0.1, -0.05) is 169 Å². The van der Waals surface area contributed by atoms with Crippen LogP contribution in [0.1, 0.15) is 51.4 Å². The number of furan rings is 1. The molecule has 0 aliphatic heterocycles. The number of para-hydroxylation sites is 2. The molecular formula is C68H49N3OS. The van der Waals surface area contributed by atoms with Gasteiger partial charge in [0.15, 0.2) is 11.7 Å². The zero-order valence-electron chi connectivity index (χ0n) is 40.9. The van der Waals surface area contributed by atoms with Gasteiger partial charge in [-0.15, -0.1) is 11.3 Å². The summed E-state index contributed by atoms with van der Waals surface area (Å²) in [6.45, 7) is 6.25. The molecule has 2 heterocycles. The molecule has 12 aromatic rings. The van der Waals surface area contributed by atoms with E-state index in [1.807, 2.05) is 37.4 Å². The van der Waals surface area contributed by atoms with E-state index in [2.05, 4.69) is 202 Å². The quantitative estimate of drug-likeness (QED) is 0.125. The molecule has 5 heteroatoms. The number of aliphatic imine (C=N–C) groups is 3. The van der Waals surface area contributed by atoms with Crippen LogP contribution in [0.2, 0.25) is 0 Å². The fourth-order valence-corrected chi connectivity index (χ4v) is 12.2. The molecule has 4 nitrogen and oxygen atoms in total. The SMILES string of the molecule is CC=NC(=NC(=Nc1ccccc1-c1cc(-c2ccc3c(c2)-c2ccccc2C3)ccc1C)c1cccc2c1-c1ccccc1C2)c1cccc2c1sc1ccccc12.Cc1ccc2oc3ccccc3c2c1. The second-order valence-corrected chi connectivity index (χ2v) is 20.1. The highest BCUT2D eigenvalue weighted by Crippen LogP contribution is 2.43. The first kappa shape index (κ1) is 44.2. The molecule has 73 heavy (non-hydrogen) atoms. The molecule has 14 rings (SSSR count). The smallest absolute Gasteiger partial charge is 0.162 e. The third-order valence-electron chi connectivity index (χ3n) is 14.5. The van der Waals surface area contributed by atoms with Gasteiger partial charge < -0.3 is 4.42 Å². The third kappa shape index (κ3) is 7.99. The van der Waals surface area contributed by atoms with Crippen LogP contribution in [-0.4, -0.2) is 17.9 Å². The number of benzene rings is 10. The van der Waals surface area contributed by atoms with Gasteiger partial charge in [0.05, 0.1) is 5.69 Å². The normalized spacial score (nSPS) is 12.9. The Morgan fingerprint density at radius 2 is 1.10 bits per heavy atom. The molecule has 2 aliphatic rings. The number of fused-ring (bicyclic) bond motifs is 12. The van der Waals surface area contributed by atoms with Crippen molar-refractivity contribution in [1.29, 1.82) is 0 Å². The number of thiophene rings is 1. The molecule has 2 aromatic heterocycles. The maximum absolute atomic E-state index is 5.71. The number of hydrogen-bond acceptors (Lipinski definition) is 3. The highest BCUT2D eigenvalue weighted by atomic mass is 32.1. The molecule has 0 saturated heterocycles. The van der Waals surface area contributed by atoms with E-state index in [9.17, 15) is 0 Å². The van der Waals surface area contributed by atoms with Gasteiger partial charge in [0.2, 0.25) is 0 Å². The Morgan fingerprint density at radius 1 is 0.466 bits per heavy atom. The lowest BCUT2D eigenvalue weighted by atomic mass is 9.92. The Kier molecular flexibility index (Phi) is 11.2. The number of amidine groups is 2. The molecular weight excluding hydrogens is 907 g/mol. The average molecular weight is 956 g/mol. The van der Waals surface area contributed by atoms with E-state index in [1.54, 1.807) is 11.3 Å². The highest BCUT2D eigenvalue weighted by Gasteiger charge is 2.25. The fourth-order valence-electron chi connectivity index (χ4n) is 11.0. The Balaban J connectivity index is 0.000000316. The van der Waals surface area contributed by atoms with Crippen molar-refractivity contribution in [3.8, 4) is 44.5 Å². The minimum absolute atomic E-state index is 0.635. The lowest BCUT2D eigenvalue weighted by Crippen LogP contribution is -2.07. The van der Waals surface area contributed by atoms with Gasteiger partial charge in [-0.25, -0.2) is 15.0 Å². The van der Waals surface area contributed by atoms with Crippen LogP contribution in [0.4, 0.5) is 5.69 Å². The Hall–Kier alpha value is -8.77. The summed E-state index contributed by atoms with van der Waals surface area (Å²) in [6.07, 6.45) is 3.71. The summed E-state index contributed by atoms with van der Waals surface area (Å²) >= 11 is 1.79. The topological polar surface area (TPSA) is 50.2 Å². The second-order valence-electron chi connectivity index (χ2n) is 19.1. The Bertz CT molecular complexity index is 4260. The molecule has 0 fully saturated rings. The van der Waals surface area contributed by atoms with Gasteiger partial charge in [0.1, 0.15) is 11.2 Å². The van der Waals surface area contributed by atoms with Crippen molar-refractivity contribution in [3.05, 3.63) is 257 Å². The van der Waals surface area contributed by atoms with Gasteiger partial charge >= 0.3 is 0 Å². The first-order valence-electron chi connectivity index (χ1n) is 25.0. The molecule has 0 amide bonds. The number of hydrogen-bond donors (Lipinski definition) is 0. The van der Waals surface area contributed by atoms with Crippen LogP contribution in [0.15, 0.2) is 232 Å². The minimum atomic E-state index is 0.635. The summed E-state index contributed by atoms with van der Waals surface area (Å²) in [5.41, 5.74) is 22.4. The van der Waals surface area contributed by atoms with E-state index in [1.165, 1.54) is 97.7 Å². The van der Waals surface area contributed by atoms with Crippen molar-refractivity contribution in [2.45, 2.75) is 33.6 Å². The van der Waals surface area contributed by atoms with Crippen LogP contribution < -0.4 is 0 Å². The lowest BCUT2D eigenvalue weighted by Gasteiger charge is -2.15. The standard InChI is InChI=1S/C55H39N3S.C13H10O/c1-3-56-54(47-23-13-21-45-44-20-9-11-25-51(44)59-53(45)47)58-55(46-22-12-16-40-31-38-15-5-7-18-42(38)52(40)46)57-50-24-10-8-19-43(50)48-32-35(27-26-34(48)2)36-28-29-39-30-37-14-4-6-17-41(37)49(39)33-36;1-9-6-7-13-11(8-9)10-4-2-3-5-12(10)14-13/h3-29,32-33H,30-31H2,1-2H3;2-8H,1H3. The van der Waals surface area contributed by atoms with Crippen LogP contribution in [0.25, 0.3) is 86.6 Å². The van der Waals surface area contributed by atoms with Gasteiger partial charge in [-0.3, -0.25) is 0 Å². The predicted octanol–water partition coefficient (Wildman–Crippen LogP) is 18.3. The van der Waals surface area contributed by atoms with E-state index in [-0.39, 0.29) is 0 Å². The summed E-state index contributed by atoms with van der Waals surface area (Å²) < 4.78 is 8.13. The zero-order valence-corrected chi connectivity index (χ0v) is 41.7. The van der Waals surface area contributed by atoms with E-state index >= 15 is 0 Å². The molecule has 0 saturated carbocycles. The molecule has 0 atom stereocenters. The number of nitrogens with zero attached hydrogens (tertiary/aromatic N) is 3. The van der Waals surface area contributed by atoms with E-state index in [0.717, 1.165) is 51.9 Å². The molecule has 348 valence electrons. The summed E-state index contributed by atoms with van der Waals surface area (Å²) in [4.78, 5) is 16.1. The van der Waals surface area contributed by atoms with Crippen molar-refractivity contribution >= 4 is 77.0 Å². The van der Waals surface area contributed by atoms with Gasteiger partial charge in [-0.05, 0) is 149 Å². The van der Waals surface area contributed by atoms with E-state index in [0.29, 0.717) is 11.7 Å². The Labute approximate surface area is 429 Å². The van der Waals surface area contributed by atoms with Gasteiger partial charge in [0, 0.05) is 53.8 Å². The fraction of sp³-hybridized carbons (Fsp3) is 0.0735. The largest absolute Gasteiger partial charge is 0.456 e. The average Bonchev–Trinajstić information content (AvgIpc) is 4.21. The zero-order chi connectivity index (χ0) is 49.0. The summed E-state index contributed by atoms with van der Waals surface area (Å²) in [5, 5.41) is 4.87. The molecule has 2 aliphatic carbocycles. The molecule has 0 radical (unpaired) electrons. The summed E-state index contributed by atoms with van der Waals surface area (Å²) in [6, 6.07) is 75.8. The first-order chi connectivity index (χ1) is 36.0. The predicted molar refractivity (Wildman–Crippen MR) is 310 cm³/mol.